The van der Waals surface area contributed by atoms with Crippen molar-refractivity contribution in [2.75, 3.05) is 0 Å². The number of halogens is 1. The van der Waals surface area contributed by atoms with Gasteiger partial charge in [0.25, 0.3) is 0 Å². The standard InChI is InChI=1S/CHNS.ClH.Fe/c2-1-3;;/h3H;1H;/q;;+2/p-2. The maximum atomic E-state index is 7.13. The molecular formula is CClFeNS. The molecule has 0 N–H and O–H groups in total. The number of nitriles is 1. The molecule has 4 heteroatoms. The second-order valence-corrected chi connectivity index (χ2v) is 0.274. The number of nitrogens with zero attached hydrogens (tertiary/aromatic N) is 1. The van der Waals surface area contributed by atoms with Crippen molar-refractivity contribution in [2.24, 2.45) is 0 Å². The van der Waals surface area contributed by atoms with E-state index in [1.54, 1.807) is 0 Å². The molecule has 0 radical (unpaired) electrons. The van der Waals surface area contributed by atoms with E-state index in [2.05, 4.69) is 12.6 Å². The molecule has 0 aliphatic heterocycles. The summed E-state index contributed by atoms with van der Waals surface area (Å²) >= 11 is 3.70. The van der Waals surface area contributed by atoms with Crippen LogP contribution in [-0.4, -0.2) is 0 Å². The third-order valence-electron chi connectivity index (χ3n) is 0. The molecule has 0 amide bonds. The van der Waals surface area contributed by atoms with Crippen molar-refractivity contribution in [3.05, 3.63) is 0 Å². The molecule has 0 aromatic rings. The van der Waals surface area contributed by atoms with Crippen LogP contribution in [0.5, 0.6) is 0 Å². The van der Waals surface area contributed by atoms with Gasteiger partial charge in [-0.1, -0.05) is 5.40 Å². The molecule has 0 saturated heterocycles. The third kappa shape index (κ3) is 106. The number of thiocyanates is 1. The number of rotatable bonds is 0. The van der Waals surface area contributed by atoms with Gasteiger partial charge in [-0.05, 0) is 0 Å². The van der Waals surface area contributed by atoms with Crippen LogP contribution >= 0.6 is 0 Å². The van der Waals surface area contributed by atoms with Gasteiger partial charge in [-0.15, -0.1) is 0 Å². The summed E-state index contributed by atoms with van der Waals surface area (Å²) in [5.41, 5.74) is 0. The first-order valence-electron chi connectivity index (χ1n) is 0.428. The molecule has 0 heterocycles. The Balaban J connectivity index is -0.0000000200. The Hall–Kier alpha value is 0.519. The van der Waals surface area contributed by atoms with Gasteiger partial charge in [0, 0.05) is 0 Å². The predicted octanol–water partition coefficient (Wildman–Crippen LogP) is -2.98. The van der Waals surface area contributed by atoms with Gasteiger partial charge in [-0.2, -0.15) is 0 Å². The first-order chi connectivity index (χ1) is 1.41. The fraction of sp³-hybridized carbons (Fsp3) is 0. The Morgan fingerprint density at radius 1 is 1.60 bits per heavy atom. The summed E-state index contributed by atoms with van der Waals surface area (Å²) < 4.78 is 0. The SMILES string of the molecule is N#C[S-].[Cl-].[Fe+2]. The minimum atomic E-state index is 0. The molecule has 0 atom stereocenters. The monoisotopic (exact) mass is 149 g/mol. The van der Waals surface area contributed by atoms with Crippen LogP contribution in [0.2, 0.25) is 0 Å². The van der Waals surface area contributed by atoms with Crippen LogP contribution in [0.25, 0.3) is 0 Å². The quantitative estimate of drug-likeness (QED) is 0.208. The minimum absolute atomic E-state index is 0. The third-order valence-corrected chi connectivity index (χ3v) is 0. The van der Waals surface area contributed by atoms with Crippen molar-refractivity contribution in [3.8, 4) is 5.40 Å². The molecule has 5 heavy (non-hydrogen) atoms. The van der Waals surface area contributed by atoms with Crippen molar-refractivity contribution in [3.63, 3.8) is 0 Å². The maximum Gasteiger partial charge on any atom is 2.00 e. The normalized spacial score (nSPS) is 1.40. The molecule has 0 aromatic carbocycles. The molecule has 0 bridgehead atoms. The zero-order chi connectivity index (χ0) is 2.71. The van der Waals surface area contributed by atoms with Crippen molar-refractivity contribution in [2.45, 2.75) is 0 Å². The number of hydrogen-bond donors (Lipinski definition) is 0. The average molecular weight is 149 g/mol. The average Bonchev–Trinajstić information content (AvgIpc) is 0.918. The topological polar surface area (TPSA) is 23.8 Å². The molecule has 0 spiro atoms. The van der Waals surface area contributed by atoms with Gasteiger partial charge in [0.1, 0.15) is 0 Å². The van der Waals surface area contributed by atoms with E-state index >= 15 is 0 Å². The van der Waals surface area contributed by atoms with E-state index in [4.69, 9.17) is 5.26 Å². The summed E-state index contributed by atoms with van der Waals surface area (Å²) in [6, 6.07) is 0. The van der Waals surface area contributed by atoms with Crippen molar-refractivity contribution >= 4 is 12.6 Å². The Bertz CT molecular complexity index is 33.1. The van der Waals surface area contributed by atoms with E-state index in [9.17, 15) is 0 Å². The zero-order valence-corrected chi connectivity index (χ0v) is 4.76. The summed E-state index contributed by atoms with van der Waals surface area (Å²) in [6.45, 7) is 0. The van der Waals surface area contributed by atoms with Gasteiger partial charge in [-0.3, -0.25) is 0 Å². The number of hydrogen-bond acceptors (Lipinski definition) is 2. The van der Waals surface area contributed by atoms with Gasteiger partial charge in [0.2, 0.25) is 0 Å². The fourth-order valence-electron chi connectivity index (χ4n) is 0. The van der Waals surface area contributed by atoms with Crippen LogP contribution in [0, 0.1) is 10.7 Å². The van der Waals surface area contributed by atoms with Crippen LogP contribution in [0.15, 0.2) is 0 Å². The van der Waals surface area contributed by atoms with E-state index in [0.29, 0.717) is 0 Å². The Morgan fingerprint density at radius 3 is 1.60 bits per heavy atom. The summed E-state index contributed by atoms with van der Waals surface area (Å²) in [7, 11) is 0. The molecule has 1 nitrogen and oxygen atoms in total. The van der Waals surface area contributed by atoms with E-state index in [-0.39, 0.29) is 29.5 Å². The Morgan fingerprint density at radius 2 is 1.60 bits per heavy atom. The summed E-state index contributed by atoms with van der Waals surface area (Å²) in [5.74, 6) is 0. The second-order valence-electron chi connectivity index (χ2n) is 0.0913. The molecule has 0 aromatic heterocycles. The van der Waals surface area contributed by atoms with Crippen LogP contribution in [0.4, 0.5) is 0 Å². The summed E-state index contributed by atoms with van der Waals surface area (Å²) in [4.78, 5) is 0. The van der Waals surface area contributed by atoms with E-state index in [1.807, 2.05) is 0 Å². The van der Waals surface area contributed by atoms with Gasteiger partial charge >= 0.3 is 17.1 Å². The van der Waals surface area contributed by atoms with Crippen molar-refractivity contribution in [1.82, 2.24) is 0 Å². The minimum Gasteiger partial charge on any atom is -1.00 e. The summed E-state index contributed by atoms with van der Waals surface area (Å²) in [6.07, 6.45) is 0. The summed E-state index contributed by atoms with van der Waals surface area (Å²) in [5, 5.41) is 8.47. The van der Waals surface area contributed by atoms with E-state index < -0.39 is 0 Å². The van der Waals surface area contributed by atoms with Crippen LogP contribution in [0.1, 0.15) is 0 Å². The first kappa shape index (κ1) is 17.8. The zero-order valence-electron chi connectivity index (χ0n) is 2.09. The molecule has 0 fully saturated rings. The second kappa shape index (κ2) is 24.2. The fourth-order valence-corrected chi connectivity index (χ4v) is 0. The maximum absolute atomic E-state index is 7.13. The Labute approximate surface area is 53.0 Å². The van der Waals surface area contributed by atoms with Crippen molar-refractivity contribution in [1.29, 1.82) is 5.26 Å². The van der Waals surface area contributed by atoms with Gasteiger partial charge in [0.05, 0.1) is 0 Å². The first-order valence-corrected chi connectivity index (χ1v) is 0.836. The molecular weight excluding hydrogens is 149 g/mol. The molecule has 0 aliphatic carbocycles. The smallest absolute Gasteiger partial charge is 1.00 e. The molecule has 30 valence electrons. The van der Waals surface area contributed by atoms with E-state index in [0.717, 1.165) is 0 Å². The van der Waals surface area contributed by atoms with Gasteiger partial charge in [0.15, 0.2) is 0 Å². The largest absolute Gasteiger partial charge is 2.00 e. The molecule has 0 unspecified atom stereocenters. The van der Waals surface area contributed by atoms with E-state index in [1.165, 1.54) is 5.40 Å². The predicted molar refractivity (Wildman–Crippen MR) is 13.0 cm³/mol. The van der Waals surface area contributed by atoms with Crippen molar-refractivity contribution < 1.29 is 29.5 Å². The van der Waals surface area contributed by atoms with Crippen LogP contribution in [-0.2, 0) is 29.7 Å². The molecule has 0 saturated carbocycles. The van der Waals surface area contributed by atoms with Crippen LogP contribution < -0.4 is 12.4 Å². The van der Waals surface area contributed by atoms with Gasteiger partial charge < -0.3 is 25.0 Å². The van der Waals surface area contributed by atoms with Crippen LogP contribution in [0.3, 0.4) is 0 Å². The molecule has 0 aliphatic rings. The molecule has 0 rings (SSSR count). The van der Waals surface area contributed by atoms with Gasteiger partial charge in [-0.25, -0.2) is 5.26 Å². The Kier molecular flexibility index (Phi) is 86.1.